The molecular weight excluding hydrogens is 418 g/mol. The Bertz CT molecular complexity index is 1060. The summed E-state index contributed by atoms with van der Waals surface area (Å²) < 4.78 is 20.4. The molecule has 3 atom stereocenters. The smallest absolute Gasteiger partial charge is 0.176 e. The summed E-state index contributed by atoms with van der Waals surface area (Å²) in [5.74, 6) is -0.690. The molecule has 0 saturated carbocycles. The molecule has 1 spiro atoms. The zero-order chi connectivity index (χ0) is 22.5. The second kappa shape index (κ2) is 9.95. The summed E-state index contributed by atoms with van der Waals surface area (Å²) >= 11 is 0. The molecule has 0 bridgehead atoms. The molecule has 172 valence electrons. The number of carbonyl (C=O) groups is 1. The number of benzene rings is 2. The van der Waals surface area contributed by atoms with E-state index in [2.05, 4.69) is 10.3 Å². The second-order valence-corrected chi connectivity index (χ2v) is 8.89. The van der Waals surface area contributed by atoms with Gasteiger partial charge in [0.25, 0.3) is 0 Å². The summed E-state index contributed by atoms with van der Waals surface area (Å²) in [6.45, 7) is 1.45. The van der Waals surface area contributed by atoms with Gasteiger partial charge in [-0.3, -0.25) is 4.79 Å². The van der Waals surface area contributed by atoms with Gasteiger partial charge in [0.15, 0.2) is 5.79 Å². The van der Waals surface area contributed by atoms with E-state index in [0.717, 1.165) is 36.1 Å². The van der Waals surface area contributed by atoms with E-state index >= 15 is 0 Å². The third-order valence-corrected chi connectivity index (χ3v) is 6.18. The molecule has 0 unspecified atom stereocenters. The van der Waals surface area contributed by atoms with Crippen LogP contribution in [0.3, 0.4) is 0 Å². The van der Waals surface area contributed by atoms with E-state index in [-0.39, 0.29) is 18.0 Å². The maximum absolute atomic E-state index is 12.6. The van der Waals surface area contributed by atoms with Crippen LogP contribution >= 0.6 is 0 Å². The fourth-order valence-electron chi connectivity index (χ4n) is 4.69. The SMILES string of the molecule is O=C1C[C@@H](COCc2ccccc2)O[C@@]2(CCC[C@@H](Cn3cc(-c4ccccc4)nn3)O2)C1. The topological polar surface area (TPSA) is 75.5 Å². The van der Waals surface area contributed by atoms with E-state index in [1.807, 2.05) is 71.5 Å². The van der Waals surface area contributed by atoms with Gasteiger partial charge in [0.2, 0.25) is 0 Å². The Hall–Kier alpha value is -2.87. The average Bonchev–Trinajstić information content (AvgIpc) is 3.28. The van der Waals surface area contributed by atoms with Gasteiger partial charge in [-0.25, -0.2) is 4.68 Å². The largest absolute Gasteiger partial charge is 0.374 e. The lowest BCUT2D eigenvalue weighted by molar-refractivity contribution is -0.311. The molecule has 2 saturated heterocycles. The minimum Gasteiger partial charge on any atom is -0.374 e. The maximum atomic E-state index is 12.6. The van der Waals surface area contributed by atoms with Crippen LogP contribution < -0.4 is 0 Å². The molecule has 33 heavy (non-hydrogen) atoms. The highest BCUT2D eigenvalue weighted by molar-refractivity contribution is 5.80. The van der Waals surface area contributed by atoms with Gasteiger partial charge in [0.1, 0.15) is 11.5 Å². The number of Topliss-reactive ketones (excluding diaryl/α,β-unsaturated/α-hetero) is 1. The van der Waals surface area contributed by atoms with Crippen molar-refractivity contribution >= 4 is 5.78 Å². The van der Waals surface area contributed by atoms with E-state index in [1.54, 1.807) is 0 Å². The van der Waals surface area contributed by atoms with Gasteiger partial charge in [0.05, 0.1) is 44.6 Å². The van der Waals surface area contributed by atoms with Crippen LogP contribution in [0.25, 0.3) is 11.3 Å². The van der Waals surface area contributed by atoms with Crippen molar-refractivity contribution in [2.75, 3.05) is 6.61 Å². The molecule has 3 aromatic rings. The Kier molecular flexibility index (Phi) is 6.62. The molecule has 1 aromatic heterocycles. The van der Waals surface area contributed by atoms with Gasteiger partial charge in [-0.05, 0) is 18.4 Å². The van der Waals surface area contributed by atoms with Crippen molar-refractivity contribution < 1.29 is 19.0 Å². The van der Waals surface area contributed by atoms with Crippen LogP contribution in [0, 0.1) is 0 Å². The highest BCUT2D eigenvalue weighted by Gasteiger charge is 2.45. The number of hydrogen-bond acceptors (Lipinski definition) is 6. The summed E-state index contributed by atoms with van der Waals surface area (Å²) in [7, 11) is 0. The first-order chi connectivity index (χ1) is 16.2. The van der Waals surface area contributed by atoms with Crippen LogP contribution in [0.1, 0.15) is 37.7 Å². The highest BCUT2D eigenvalue weighted by atomic mass is 16.7. The summed E-state index contributed by atoms with van der Waals surface area (Å²) in [4.78, 5) is 12.6. The monoisotopic (exact) mass is 447 g/mol. The summed E-state index contributed by atoms with van der Waals surface area (Å²) in [5, 5.41) is 8.57. The third-order valence-electron chi connectivity index (χ3n) is 6.18. The van der Waals surface area contributed by atoms with Crippen LogP contribution in [-0.4, -0.2) is 45.4 Å². The van der Waals surface area contributed by atoms with Crippen LogP contribution in [0.4, 0.5) is 0 Å². The third kappa shape index (κ3) is 5.55. The molecule has 7 nitrogen and oxygen atoms in total. The van der Waals surface area contributed by atoms with Crippen molar-refractivity contribution in [3.63, 3.8) is 0 Å². The highest BCUT2D eigenvalue weighted by Crippen LogP contribution is 2.38. The van der Waals surface area contributed by atoms with Gasteiger partial charge in [0, 0.05) is 18.4 Å². The van der Waals surface area contributed by atoms with Crippen molar-refractivity contribution in [1.82, 2.24) is 15.0 Å². The molecule has 2 aliphatic rings. The number of hydrogen-bond donors (Lipinski definition) is 0. The van der Waals surface area contributed by atoms with Gasteiger partial charge in [-0.2, -0.15) is 0 Å². The number of ether oxygens (including phenoxy) is 3. The molecule has 7 heteroatoms. The first kappa shape index (κ1) is 21.9. The lowest BCUT2D eigenvalue weighted by Crippen LogP contribution is -2.52. The Balaban J connectivity index is 1.19. The second-order valence-electron chi connectivity index (χ2n) is 8.89. The number of ketones is 1. The number of rotatable bonds is 7. The first-order valence-corrected chi connectivity index (χ1v) is 11.6. The van der Waals surface area contributed by atoms with Crippen LogP contribution in [0.15, 0.2) is 66.9 Å². The van der Waals surface area contributed by atoms with Crippen molar-refractivity contribution in [1.29, 1.82) is 0 Å². The minimum atomic E-state index is -0.859. The van der Waals surface area contributed by atoms with Crippen LogP contribution in [0.2, 0.25) is 0 Å². The molecule has 3 heterocycles. The van der Waals surface area contributed by atoms with Crippen LogP contribution in [0.5, 0.6) is 0 Å². The van der Waals surface area contributed by atoms with Crippen LogP contribution in [-0.2, 0) is 32.2 Å². The Morgan fingerprint density at radius 2 is 1.79 bits per heavy atom. The normalized spacial score (nSPS) is 25.4. The standard InChI is InChI=1S/C26H29N3O4/c30-22-14-24(19-31-18-20-8-3-1-4-9-20)33-26(15-22)13-7-12-23(32-26)16-29-17-25(27-28-29)21-10-5-2-6-11-21/h1-6,8-11,17,23-24H,7,12-16,18-19H2/t23-,24-,26-/m0/s1. The first-order valence-electron chi connectivity index (χ1n) is 11.6. The summed E-state index contributed by atoms with van der Waals surface area (Å²) in [6, 6.07) is 20.0. The molecule has 0 amide bonds. The number of aromatic nitrogens is 3. The summed E-state index contributed by atoms with van der Waals surface area (Å²) in [5.41, 5.74) is 2.97. The molecule has 5 rings (SSSR count). The predicted octanol–water partition coefficient (Wildman–Crippen LogP) is 4.18. The van der Waals surface area contributed by atoms with Crippen molar-refractivity contribution in [2.45, 2.75) is 63.3 Å². The van der Waals surface area contributed by atoms with Crippen molar-refractivity contribution in [3.8, 4) is 11.3 Å². The van der Waals surface area contributed by atoms with Gasteiger partial charge in [-0.15, -0.1) is 5.10 Å². The zero-order valence-corrected chi connectivity index (χ0v) is 18.6. The molecular formula is C26H29N3O4. The van der Waals surface area contributed by atoms with Crippen molar-refractivity contribution in [3.05, 3.63) is 72.4 Å². The lowest BCUT2D eigenvalue weighted by Gasteiger charge is -2.45. The molecule has 0 aliphatic carbocycles. The van der Waals surface area contributed by atoms with Crippen molar-refractivity contribution in [2.24, 2.45) is 0 Å². The zero-order valence-electron chi connectivity index (χ0n) is 18.6. The minimum absolute atomic E-state index is 0.0825. The molecule has 0 radical (unpaired) electrons. The quantitative estimate of drug-likeness (QED) is 0.541. The van der Waals surface area contributed by atoms with E-state index in [9.17, 15) is 4.79 Å². The Morgan fingerprint density at radius 1 is 1.03 bits per heavy atom. The number of carbonyl (C=O) groups excluding carboxylic acids is 1. The molecule has 2 fully saturated rings. The molecule has 2 aliphatic heterocycles. The van der Waals surface area contributed by atoms with Gasteiger partial charge < -0.3 is 14.2 Å². The van der Waals surface area contributed by atoms with E-state index in [1.165, 1.54) is 0 Å². The van der Waals surface area contributed by atoms with Gasteiger partial charge >= 0.3 is 0 Å². The predicted molar refractivity (Wildman–Crippen MR) is 122 cm³/mol. The fourth-order valence-corrected chi connectivity index (χ4v) is 4.69. The van der Waals surface area contributed by atoms with Gasteiger partial charge in [-0.1, -0.05) is 65.9 Å². The number of nitrogens with zero attached hydrogens (tertiary/aromatic N) is 3. The van der Waals surface area contributed by atoms with E-state index in [4.69, 9.17) is 14.2 Å². The molecule has 0 N–H and O–H groups in total. The van der Waals surface area contributed by atoms with E-state index in [0.29, 0.717) is 32.6 Å². The Morgan fingerprint density at radius 3 is 2.61 bits per heavy atom. The van der Waals surface area contributed by atoms with E-state index < -0.39 is 5.79 Å². The lowest BCUT2D eigenvalue weighted by atomic mass is 9.92. The molecule has 2 aromatic carbocycles. The maximum Gasteiger partial charge on any atom is 0.176 e. The fraction of sp³-hybridized carbons (Fsp3) is 0.423. The Labute approximate surface area is 193 Å². The average molecular weight is 448 g/mol. The summed E-state index contributed by atoms with van der Waals surface area (Å²) in [6.07, 6.45) is 4.79.